The summed E-state index contributed by atoms with van der Waals surface area (Å²) in [6.45, 7) is 4.66. The monoisotopic (exact) mass is 207 g/mol. The molecule has 0 amide bonds. The highest BCUT2D eigenvalue weighted by Crippen LogP contribution is 2.14. The van der Waals surface area contributed by atoms with Gasteiger partial charge in [-0.1, -0.05) is 18.2 Å². The number of benzene rings is 1. The molecule has 2 N–H and O–H groups in total. The lowest BCUT2D eigenvalue weighted by Crippen LogP contribution is -2.44. The molecule has 1 fully saturated rings. The Hall–Kier alpha value is -1.06. The Bertz CT molecular complexity index is 253. The van der Waals surface area contributed by atoms with E-state index in [-0.39, 0.29) is 0 Å². The number of hydrogen-bond donors (Lipinski definition) is 1. The number of rotatable bonds is 1. The summed E-state index contributed by atoms with van der Waals surface area (Å²) in [6, 6.07) is 10.7. The van der Waals surface area contributed by atoms with E-state index in [2.05, 4.69) is 52.9 Å². The van der Waals surface area contributed by atoms with E-state index in [0.29, 0.717) is 0 Å². The number of para-hydroxylation sites is 1. The average Bonchev–Trinajstić information content (AvgIpc) is 2.34. The van der Waals surface area contributed by atoms with Crippen molar-refractivity contribution in [2.45, 2.75) is 0 Å². The molecule has 0 bridgehead atoms. The van der Waals surface area contributed by atoms with Crippen LogP contribution in [0.4, 0.5) is 5.69 Å². The van der Waals surface area contributed by atoms with Gasteiger partial charge in [0.2, 0.25) is 0 Å². The van der Waals surface area contributed by atoms with E-state index in [9.17, 15) is 0 Å². The predicted molar refractivity (Wildman–Crippen MR) is 66.3 cm³/mol. The van der Waals surface area contributed by atoms with Crippen LogP contribution in [0.25, 0.3) is 0 Å². The van der Waals surface area contributed by atoms with Crippen LogP contribution in [0.15, 0.2) is 30.3 Å². The minimum atomic E-state index is 1.15. The average molecular weight is 207 g/mol. The summed E-state index contributed by atoms with van der Waals surface area (Å²) in [7, 11) is 3.68. The molecular weight excluding hydrogens is 186 g/mol. The van der Waals surface area contributed by atoms with Crippen molar-refractivity contribution >= 4 is 5.69 Å². The van der Waals surface area contributed by atoms with Crippen LogP contribution in [0.3, 0.4) is 0 Å². The van der Waals surface area contributed by atoms with Crippen molar-refractivity contribution in [3.63, 3.8) is 0 Å². The van der Waals surface area contributed by atoms with E-state index >= 15 is 0 Å². The molecule has 15 heavy (non-hydrogen) atoms. The molecule has 1 aliphatic rings. The zero-order valence-corrected chi connectivity index (χ0v) is 9.69. The van der Waals surface area contributed by atoms with Crippen molar-refractivity contribution in [1.29, 1.82) is 0 Å². The zero-order valence-electron chi connectivity index (χ0n) is 9.69. The summed E-state index contributed by atoms with van der Waals surface area (Å²) in [5.41, 5.74) is 5.86. The molecule has 0 atom stereocenters. The topological polar surface area (TPSA) is 32.5 Å². The molecule has 0 aliphatic carbocycles. The molecule has 0 radical (unpaired) electrons. The smallest absolute Gasteiger partial charge is 0.0367 e. The van der Waals surface area contributed by atoms with Gasteiger partial charge in [-0.2, -0.15) is 0 Å². The fraction of sp³-hybridized carbons (Fsp3) is 0.500. The molecule has 2 rings (SSSR count). The van der Waals surface area contributed by atoms with Gasteiger partial charge in [-0.3, -0.25) is 0 Å². The van der Waals surface area contributed by atoms with Crippen LogP contribution in [0.2, 0.25) is 0 Å². The summed E-state index contributed by atoms with van der Waals surface area (Å²) in [4.78, 5) is 4.82. The molecule has 1 aliphatic heterocycles. The Morgan fingerprint density at radius 1 is 0.933 bits per heavy atom. The van der Waals surface area contributed by atoms with E-state index in [1.807, 2.05) is 0 Å². The van der Waals surface area contributed by atoms with E-state index < -0.39 is 0 Å². The lowest BCUT2D eigenvalue weighted by molar-refractivity contribution is 0.313. The minimum Gasteiger partial charge on any atom is -0.369 e. The second kappa shape index (κ2) is 6.43. The van der Waals surface area contributed by atoms with Gasteiger partial charge < -0.3 is 15.5 Å². The first-order chi connectivity index (χ1) is 7.36. The summed E-state index contributed by atoms with van der Waals surface area (Å²) in [6.07, 6.45) is 0. The van der Waals surface area contributed by atoms with Gasteiger partial charge in [0.15, 0.2) is 0 Å². The second-order valence-electron chi connectivity index (χ2n) is 3.63. The van der Waals surface area contributed by atoms with Crippen molar-refractivity contribution < 1.29 is 0 Å². The van der Waals surface area contributed by atoms with Gasteiger partial charge in [-0.25, -0.2) is 0 Å². The molecule has 1 aromatic rings. The van der Waals surface area contributed by atoms with E-state index in [1.54, 1.807) is 0 Å². The van der Waals surface area contributed by atoms with Gasteiger partial charge in [-0.05, 0) is 26.2 Å². The first-order valence-corrected chi connectivity index (χ1v) is 5.42. The Morgan fingerprint density at radius 3 is 2.00 bits per heavy atom. The third kappa shape index (κ3) is 3.53. The maximum absolute atomic E-state index is 4.50. The third-order valence-corrected chi connectivity index (χ3v) is 2.62. The molecule has 1 aromatic carbocycles. The first-order valence-electron chi connectivity index (χ1n) is 5.42. The van der Waals surface area contributed by atoms with Crippen LogP contribution in [0, 0.1) is 0 Å². The lowest BCUT2D eigenvalue weighted by atomic mass is 10.2. The van der Waals surface area contributed by atoms with Crippen LogP contribution >= 0.6 is 0 Å². The van der Waals surface area contributed by atoms with Crippen LogP contribution in [-0.4, -0.2) is 45.2 Å². The lowest BCUT2D eigenvalue weighted by Gasteiger charge is -2.33. The SMILES string of the molecule is CN.CN1CCN(c2ccccc2)CC1. The quantitative estimate of drug-likeness (QED) is 0.746. The molecule has 1 saturated heterocycles. The first kappa shape index (κ1) is 12.0. The van der Waals surface area contributed by atoms with Crippen LogP contribution in [0.1, 0.15) is 0 Å². The Morgan fingerprint density at radius 2 is 1.47 bits per heavy atom. The summed E-state index contributed by atoms with van der Waals surface area (Å²) in [5, 5.41) is 0. The Balaban J connectivity index is 0.000000531. The number of likely N-dealkylation sites (N-methyl/N-ethyl adjacent to an activating group) is 1. The van der Waals surface area contributed by atoms with Crippen molar-refractivity contribution in [1.82, 2.24) is 4.90 Å². The minimum absolute atomic E-state index is 1.15. The molecule has 1 heterocycles. The van der Waals surface area contributed by atoms with Crippen molar-refractivity contribution in [2.24, 2.45) is 5.73 Å². The maximum atomic E-state index is 4.50. The molecule has 3 nitrogen and oxygen atoms in total. The molecule has 0 aromatic heterocycles. The van der Waals surface area contributed by atoms with Crippen LogP contribution < -0.4 is 10.6 Å². The highest BCUT2D eigenvalue weighted by Gasteiger charge is 2.13. The number of nitrogens with zero attached hydrogens (tertiary/aromatic N) is 2. The Labute approximate surface area is 92.5 Å². The largest absolute Gasteiger partial charge is 0.369 e. The summed E-state index contributed by atoms with van der Waals surface area (Å²) < 4.78 is 0. The number of nitrogens with two attached hydrogens (primary N) is 1. The number of hydrogen-bond acceptors (Lipinski definition) is 3. The van der Waals surface area contributed by atoms with Gasteiger partial charge in [0.05, 0.1) is 0 Å². The van der Waals surface area contributed by atoms with Gasteiger partial charge >= 0.3 is 0 Å². The maximum Gasteiger partial charge on any atom is 0.0367 e. The van der Waals surface area contributed by atoms with E-state index in [0.717, 1.165) is 13.1 Å². The number of anilines is 1. The normalized spacial score (nSPS) is 16.9. The third-order valence-electron chi connectivity index (χ3n) is 2.62. The van der Waals surface area contributed by atoms with Gasteiger partial charge in [0.1, 0.15) is 0 Å². The summed E-state index contributed by atoms with van der Waals surface area (Å²) in [5.74, 6) is 0. The molecule has 0 unspecified atom stereocenters. The van der Waals surface area contributed by atoms with Crippen molar-refractivity contribution in [3.8, 4) is 0 Å². The predicted octanol–water partition coefficient (Wildman–Crippen LogP) is 1.01. The highest BCUT2D eigenvalue weighted by atomic mass is 15.2. The molecule has 3 heteroatoms. The Kier molecular flexibility index (Phi) is 5.15. The summed E-state index contributed by atoms with van der Waals surface area (Å²) >= 11 is 0. The fourth-order valence-electron chi connectivity index (χ4n) is 1.70. The zero-order chi connectivity index (χ0) is 11.1. The fourth-order valence-corrected chi connectivity index (χ4v) is 1.70. The van der Waals surface area contributed by atoms with E-state index in [4.69, 9.17) is 0 Å². The van der Waals surface area contributed by atoms with Gasteiger partial charge in [0, 0.05) is 31.9 Å². The van der Waals surface area contributed by atoms with Crippen LogP contribution in [-0.2, 0) is 0 Å². The van der Waals surface area contributed by atoms with Gasteiger partial charge in [0.25, 0.3) is 0 Å². The number of piperazine rings is 1. The van der Waals surface area contributed by atoms with E-state index in [1.165, 1.54) is 25.8 Å². The van der Waals surface area contributed by atoms with Crippen molar-refractivity contribution in [3.05, 3.63) is 30.3 Å². The molecular formula is C12H21N3. The second-order valence-corrected chi connectivity index (χ2v) is 3.63. The standard InChI is InChI=1S/C11H16N2.CH5N/c1-12-7-9-13(10-8-12)11-5-3-2-4-6-11;1-2/h2-6H,7-10H2,1H3;2H2,1H3. The molecule has 84 valence electrons. The molecule has 0 saturated carbocycles. The molecule has 0 spiro atoms. The van der Waals surface area contributed by atoms with Crippen molar-refractivity contribution in [2.75, 3.05) is 45.2 Å². The van der Waals surface area contributed by atoms with Gasteiger partial charge in [-0.15, -0.1) is 0 Å². The van der Waals surface area contributed by atoms with Crippen LogP contribution in [0.5, 0.6) is 0 Å². The highest BCUT2D eigenvalue weighted by molar-refractivity contribution is 5.46.